The molecule has 1 aliphatic rings. The number of hydrogen-bond donors (Lipinski definition) is 0. The van der Waals surface area contributed by atoms with Gasteiger partial charge in [-0.25, -0.2) is 4.98 Å². The van der Waals surface area contributed by atoms with E-state index in [9.17, 15) is 9.59 Å². The minimum atomic E-state index is -0.272. The van der Waals surface area contributed by atoms with Crippen molar-refractivity contribution in [3.63, 3.8) is 0 Å². The molecule has 2 heterocycles. The summed E-state index contributed by atoms with van der Waals surface area (Å²) >= 11 is 6.02. The molecule has 1 aliphatic heterocycles. The van der Waals surface area contributed by atoms with Gasteiger partial charge in [-0.3, -0.25) is 9.59 Å². The van der Waals surface area contributed by atoms with Crippen molar-refractivity contribution in [1.29, 1.82) is 0 Å². The molecule has 1 saturated heterocycles. The van der Waals surface area contributed by atoms with E-state index < -0.39 is 0 Å². The summed E-state index contributed by atoms with van der Waals surface area (Å²) in [6, 6.07) is 16.9. The molecule has 154 valence electrons. The number of aromatic nitrogens is 1. The number of halogens is 1. The van der Waals surface area contributed by atoms with Crippen molar-refractivity contribution in [3.8, 4) is 11.3 Å². The molecule has 1 unspecified atom stereocenters. The van der Waals surface area contributed by atoms with Gasteiger partial charge in [0, 0.05) is 29.1 Å². The molecule has 0 spiro atoms. The second-order valence-corrected chi connectivity index (χ2v) is 7.86. The van der Waals surface area contributed by atoms with Crippen LogP contribution in [0.2, 0.25) is 5.02 Å². The van der Waals surface area contributed by atoms with Gasteiger partial charge in [-0.15, -0.1) is 0 Å². The van der Waals surface area contributed by atoms with Crippen LogP contribution < -0.4 is 0 Å². The molecule has 6 heteroatoms. The summed E-state index contributed by atoms with van der Waals surface area (Å²) < 4.78 is 5.17. The lowest BCUT2D eigenvalue weighted by Crippen LogP contribution is -2.42. The smallest absolute Gasteiger partial charge is 0.310 e. The maximum Gasteiger partial charge on any atom is 0.310 e. The fraction of sp³-hybridized carbons (Fsp3) is 0.292. The third-order valence-electron chi connectivity index (χ3n) is 5.42. The van der Waals surface area contributed by atoms with Gasteiger partial charge in [0.1, 0.15) is 0 Å². The minimum Gasteiger partial charge on any atom is -0.466 e. The summed E-state index contributed by atoms with van der Waals surface area (Å²) in [7, 11) is 0. The van der Waals surface area contributed by atoms with Crippen molar-refractivity contribution >= 4 is 34.4 Å². The Morgan fingerprint density at radius 1 is 1.17 bits per heavy atom. The molecule has 1 atom stereocenters. The van der Waals surface area contributed by atoms with Crippen molar-refractivity contribution in [2.45, 2.75) is 19.8 Å². The van der Waals surface area contributed by atoms with Crippen molar-refractivity contribution in [2.75, 3.05) is 19.7 Å². The Kier molecular flexibility index (Phi) is 6.00. The Morgan fingerprint density at radius 2 is 1.93 bits per heavy atom. The van der Waals surface area contributed by atoms with Crippen molar-refractivity contribution in [1.82, 2.24) is 9.88 Å². The molecular weight excluding hydrogens is 400 g/mol. The van der Waals surface area contributed by atoms with E-state index >= 15 is 0 Å². The molecule has 0 saturated carbocycles. The number of hydrogen-bond acceptors (Lipinski definition) is 4. The number of carbonyl (C=O) groups excluding carboxylic acids is 2. The van der Waals surface area contributed by atoms with Crippen LogP contribution in [0.4, 0.5) is 0 Å². The molecule has 0 radical (unpaired) electrons. The molecule has 0 bridgehead atoms. The van der Waals surface area contributed by atoms with Crippen molar-refractivity contribution in [3.05, 3.63) is 65.2 Å². The number of amides is 1. The first-order valence-corrected chi connectivity index (χ1v) is 10.6. The SMILES string of the molecule is CCOC(=O)C1CCCN(C(=O)c2cc(-c3ccc(Cl)cc3)nc3ccccc23)C1. The van der Waals surface area contributed by atoms with Gasteiger partial charge < -0.3 is 9.64 Å². The Bertz CT molecular complexity index is 1080. The molecule has 1 aromatic heterocycles. The van der Waals surface area contributed by atoms with E-state index in [1.807, 2.05) is 54.6 Å². The van der Waals surface area contributed by atoms with Crippen LogP contribution in [-0.2, 0) is 9.53 Å². The molecule has 1 fully saturated rings. The summed E-state index contributed by atoms with van der Waals surface area (Å²) in [5.74, 6) is -0.583. The quantitative estimate of drug-likeness (QED) is 0.557. The van der Waals surface area contributed by atoms with E-state index in [2.05, 4.69) is 0 Å². The second kappa shape index (κ2) is 8.84. The molecule has 0 aliphatic carbocycles. The Balaban J connectivity index is 1.71. The van der Waals surface area contributed by atoms with Gasteiger partial charge in [0.15, 0.2) is 0 Å². The number of fused-ring (bicyclic) bond motifs is 1. The van der Waals surface area contributed by atoms with Crippen LogP contribution in [0, 0.1) is 5.92 Å². The van der Waals surface area contributed by atoms with E-state index in [0.29, 0.717) is 36.0 Å². The van der Waals surface area contributed by atoms with Crippen LogP contribution in [0.15, 0.2) is 54.6 Å². The Hall–Kier alpha value is -2.92. The zero-order chi connectivity index (χ0) is 21.1. The lowest BCUT2D eigenvalue weighted by molar-refractivity contribution is -0.149. The number of ether oxygens (including phenoxy) is 1. The second-order valence-electron chi connectivity index (χ2n) is 7.42. The molecule has 2 aromatic carbocycles. The number of rotatable bonds is 4. The normalized spacial score (nSPS) is 16.5. The van der Waals surface area contributed by atoms with Gasteiger partial charge in [-0.1, -0.05) is 41.9 Å². The standard InChI is InChI=1S/C24H23ClN2O3/c1-2-30-24(29)17-6-5-13-27(15-17)23(28)20-14-22(16-9-11-18(25)12-10-16)26-21-8-4-3-7-19(20)21/h3-4,7-12,14,17H,2,5-6,13,15H2,1H3. The molecule has 3 aromatic rings. The summed E-state index contributed by atoms with van der Waals surface area (Å²) in [5.41, 5.74) is 2.96. The first-order chi connectivity index (χ1) is 14.6. The number of likely N-dealkylation sites (tertiary alicyclic amines) is 1. The molecular formula is C24H23ClN2O3. The van der Waals surface area contributed by atoms with Gasteiger partial charge >= 0.3 is 5.97 Å². The largest absolute Gasteiger partial charge is 0.466 e. The van der Waals surface area contributed by atoms with E-state index in [1.54, 1.807) is 11.8 Å². The molecule has 4 rings (SSSR count). The topological polar surface area (TPSA) is 59.5 Å². The summed E-state index contributed by atoms with van der Waals surface area (Å²) in [6.07, 6.45) is 1.53. The first-order valence-electron chi connectivity index (χ1n) is 10.2. The van der Waals surface area contributed by atoms with Crippen LogP contribution in [0.25, 0.3) is 22.2 Å². The first kappa shape index (κ1) is 20.4. The van der Waals surface area contributed by atoms with Crippen LogP contribution >= 0.6 is 11.6 Å². The number of carbonyl (C=O) groups is 2. The van der Waals surface area contributed by atoms with E-state index in [1.165, 1.54) is 0 Å². The maximum absolute atomic E-state index is 13.5. The van der Waals surface area contributed by atoms with Crippen LogP contribution in [0.1, 0.15) is 30.1 Å². The fourth-order valence-corrected chi connectivity index (χ4v) is 4.03. The average molecular weight is 423 g/mol. The monoisotopic (exact) mass is 422 g/mol. The number of para-hydroxylation sites is 1. The zero-order valence-electron chi connectivity index (χ0n) is 16.8. The van der Waals surface area contributed by atoms with E-state index in [-0.39, 0.29) is 17.8 Å². The van der Waals surface area contributed by atoms with E-state index in [0.717, 1.165) is 29.3 Å². The van der Waals surface area contributed by atoms with Gasteiger partial charge in [-0.05, 0) is 44.0 Å². The summed E-state index contributed by atoms with van der Waals surface area (Å²) in [5, 5.41) is 1.45. The predicted octanol–water partition coefficient (Wildman–Crippen LogP) is 4.97. The van der Waals surface area contributed by atoms with Crippen LogP contribution in [0.5, 0.6) is 0 Å². The highest BCUT2D eigenvalue weighted by Crippen LogP contribution is 2.28. The molecule has 0 N–H and O–H groups in total. The lowest BCUT2D eigenvalue weighted by Gasteiger charge is -2.32. The number of benzene rings is 2. The summed E-state index contributed by atoms with van der Waals surface area (Å²) in [4.78, 5) is 32.2. The minimum absolute atomic E-state index is 0.0854. The Morgan fingerprint density at radius 3 is 2.70 bits per heavy atom. The zero-order valence-corrected chi connectivity index (χ0v) is 17.6. The number of esters is 1. The highest BCUT2D eigenvalue weighted by Gasteiger charge is 2.30. The van der Waals surface area contributed by atoms with Crippen molar-refractivity contribution < 1.29 is 14.3 Å². The third kappa shape index (κ3) is 4.17. The maximum atomic E-state index is 13.5. The molecule has 1 amide bonds. The van der Waals surface area contributed by atoms with Gasteiger partial charge in [0.2, 0.25) is 0 Å². The highest BCUT2D eigenvalue weighted by atomic mass is 35.5. The number of pyridine rings is 1. The third-order valence-corrected chi connectivity index (χ3v) is 5.67. The number of nitrogens with zero attached hydrogens (tertiary/aromatic N) is 2. The highest BCUT2D eigenvalue weighted by molar-refractivity contribution is 6.30. The van der Waals surface area contributed by atoms with Gasteiger partial charge in [0.25, 0.3) is 5.91 Å². The number of piperidine rings is 1. The van der Waals surface area contributed by atoms with Crippen LogP contribution in [-0.4, -0.2) is 41.5 Å². The van der Waals surface area contributed by atoms with Crippen LogP contribution in [0.3, 0.4) is 0 Å². The predicted molar refractivity (Wildman–Crippen MR) is 117 cm³/mol. The lowest BCUT2D eigenvalue weighted by atomic mass is 9.96. The summed E-state index contributed by atoms with van der Waals surface area (Å²) in [6.45, 7) is 3.15. The fourth-order valence-electron chi connectivity index (χ4n) is 3.91. The van der Waals surface area contributed by atoms with Gasteiger partial charge in [0.05, 0.1) is 29.3 Å². The van der Waals surface area contributed by atoms with Gasteiger partial charge in [-0.2, -0.15) is 0 Å². The van der Waals surface area contributed by atoms with E-state index in [4.69, 9.17) is 21.3 Å². The average Bonchev–Trinajstić information content (AvgIpc) is 2.78. The molecule has 5 nitrogen and oxygen atoms in total. The van der Waals surface area contributed by atoms with Crippen molar-refractivity contribution in [2.24, 2.45) is 5.92 Å². The molecule has 30 heavy (non-hydrogen) atoms. The Labute approximate surface area is 180 Å².